The number of benzene rings is 1. The van der Waals surface area contributed by atoms with E-state index in [-0.39, 0.29) is 11.3 Å². The molecule has 10 heteroatoms. The van der Waals surface area contributed by atoms with Gasteiger partial charge >= 0.3 is 0 Å². The van der Waals surface area contributed by atoms with E-state index in [9.17, 15) is 34.5 Å². The van der Waals surface area contributed by atoms with Crippen LogP contribution in [0.5, 0.6) is 5.75 Å². The van der Waals surface area contributed by atoms with Crippen LogP contribution in [0.3, 0.4) is 0 Å². The van der Waals surface area contributed by atoms with Gasteiger partial charge < -0.3 is 26.4 Å². The van der Waals surface area contributed by atoms with E-state index in [0.717, 1.165) is 0 Å². The number of hydrogen-bond acceptors (Lipinski definition) is 9. The van der Waals surface area contributed by atoms with Gasteiger partial charge in [-0.1, -0.05) is 19.1 Å². The number of amides is 1. The average Bonchev–Trinajstić information content (AvgIpc) is 2.73. The standard InChI is InChI=1S/C23H29N3O7/c1-8-9-6-5-7-10(27)12(9)17(28)13-11(8)18(29)15-16(26(3)4)19(30)14(22(24)32)21(31)23(15,33)20(13)25-2/h5-8,11,13-16,18,20,25,27,29,33H,1-4H3,(H2,24,32)/t8-,11?,13?,14?,15?,16-,18-,20?,23-/m0/s1. The first-order chi connectivity index (χ1) is 15.4. The molecule has 1 aromatic rings. The molecule has 3 aliphatic carbocycles. The number of nitrogens with zero attached hydrogens (tertiary/aromatic N) is 1. The van der Waals surface area contributed by atoms with Crippen molar-refractivity contribution in [3.8, 4) is 5.75 Å². The summed E-state index contributed by atoms with van der Waals surface area (Å²) in [6.45, 7) is 1.80. The Bertz CT molecular complexity index is 1060. The van der Waals surface area contributed by atoms with Crippen LogP contribution < -0.4 is 11.1 Å². The summed E-state index contributed by atoms with van der Waals surface area (Å²) >= 11 is 0. The fourth-order valence-corrected chi connectivity index (χ4v) is 6.63. The first kappa shape index (κ1) is 23.5. The third-order valence-corrected chi connectivity index (χ3v) is 7.94. The Hall–Kier alpha value is -2.66. The fraction of sp³-hybridized carbons (Fsp3) is 0.565. The van der Waals surface area contributed by atoms with E-state index < -0.39 is 76.6 Å². The molecule has 33 heavy (non-hydrogen) atoms. The van der Waals surface area contributed by atoms with Crippen molar-refractivity contribution < 1.29 is 34.5 Å². The van der Waals surface area contributed by atoms with Crippen LogP contribution in [0.2, 0.25) is 0 Å². The predicted octanol–water partition coefficient (Wildman–Crippen LogP) is -1.58. The highest BCUT2D eigenvalue weighted by Gasteiger charge is 2.72. The van der Waals surface area contributed by atoms with Gasteiger partial charge in [-0.3, -0.25) is 24.1 Å². The van der Waals surface area contributed by atoms with Crippen molar-refractivity contribution in [1.29, 1.82) is 0 Å². The Kier molecular flexibility index (Phi) is 5.48. The minimum atomic E-state index is -2.44. The summed E-state index contributed by atoms with van der Waals surface area (Å²) in [6.07, 6.45) is -1.44. The number of ketones is 3. The molecule has 4 rings (SSSR count). The third kappa shape index (κ3) is 2.87. The minimum absolute atomic E-state index is 0.0793. The maximum atomic E-state index is 13.6. The second-order valence-corrected chi connectivity index (χ2v) is 9.62. The maximum absolute atomic E-state index is 13.6. The van der Waals surface area contributed by atoms with Crippen LogP contribution in [0.1, 0.15) is 28.8 Å². The number of nitrogens with one attached hydrogen (secondary N) is 1. The number of phenolic OH excluding ortho intramolecular Hbond substituents is 1. The fourth-order valence-electron chi connectivity index (χ4n) is 6.63. The number of aromatic hydroxyl groups is 1. The summed E-state index contributed by atoms with van der Waals surface area (Å²) in [5, 5.41) is 36.8. The predicted molar refractivity (Wildman–Crippen MR) is 115 cm³/mol. The Morgan fingerprint density at radius 1 is 1.21 bits per heavy atom. The molecule has 0 spiro atoms. The number of hydrogen-bond donors (Lipinski definition) is 5. The van der Waals surface area contributed by atoms with E-state index in [2.05, 4.69) is 5.32 Å². The van der Waals surface area contributed by atoms with Crippen LogP contribution >= 0.6 is 0 Å². The largest absolute Gasteiger partial charge is 0.507 e. The average molecular weight is 459 g/mol. The van der Waals surface area contributed by atoms with Gasteiger partial charge in [-0.2, -0.15) is 0 Å². The smallest absolute Gasteiger partial charge is 0.235 e. The van der Waals surface area contributed by atoms with Crippen molar-refractivity contribution >= 4 is 23.3 Å². The van der Waals surface area contributed by atoms with E-state index in [1.807, 2.05) is 0 Å². The van der Waals surface area contributed by atoms with Gasteiger partial charge in [0.15, 0.2) is 23.3 Å². The number of aliphatic hydroxyl groups is 2. The molecule has 2 fully saturated rings. The Morgan fingerprint density at radius 3 is 2.39 bits per heavy atom. The summed E-state index contributed by atoms with van der Waals surface area (Å²) in [6, 6.07) is 2.25. The summed E-state index contributed by atoms with van der Waals surface area (Å²) in [4.78, 5) is 53.9. The molecule has 0 bridgehead atoms. The number of primary amides is 1. The van der Waals surface area contributed by atoms with Gasteiger partial charge in [0.05, 0.1) is 23.8 Å². The number of likely N-dealkylation sites (N-methyl/N-ethyl adjacent to an activating group) is 2. The van der Waals surface area contributed by atoms with Crippen LogP contribution in [-0.2, 0) is 14.4 Å². The topological polar surface area (TPSA) is 170 Å². The van der Waals surface area contributed by atoms with E-state index >= 15 is 0 Å². The van der Waals surface area contributed by atoms with E-state index in [1.54, 1.807) is 33.2 Å². The number of carbonyl (C=O) groups is 4. The lowest BCUT2D eigenvalue weighted by molar-refractivity contribution is -0.204. The van der Waals surface area contributed by atoms with Gasteiger partial charge in [-0.25, -0.2) is 0 Å². The highest BCUT2D eigenvalue weighted by atomic mass is 16.3. The van der Waals surface area contributed by atoms with Gasteiger partial charge in [0.25, 0.3) is 0 Å². The van der Waals surface area contributed by atoms with Crippen molar-refractivity contribution in [3.05, 3.63) is 29.3 Å². The molecule has 2 saturated carbocycles. The Balaban J connectivity index is 1.98. The molecule has 10 nitrogen and oxygen atoms in total. The van der Waals surface area contributed by atoms with Crippen LogP contribution in [0.15, 0.2) is 18.2 Å². The molecule has 0 heterocycles. The first-order valence-corrected chi connectivity index (χ1v) is 10.9. The maximum Gasteiger partial charge on any atom is 0.235 e. The number of Topliss-reactive ketones (excluding diaryl/α,β-unsaturated/α-hetero) is 3. The molecule has 1 amide bonds. The monoisotopic (exact) mass is 459 g/mol. The lowest BCUT2D eigenvalue weighted by Gasteiger charge is -2.60. The Labute approximate surface area is 190 Å². The van der Waals surface area contributed by atoms with Gasteiger partial charge in [0.1, 0.15) is 11.4 Å². The molecule has 0 aliphatic heterocycles. The lowest BCUT2D eigenvalue weighted by Crippen LogP contribution is -2.80. The normalized spacial score (nSPS) is 40.3. The van der Waals surface area contributed by atoms with Crippen LogP contribution in [-0.4, -0.2) is 88.4 Å². The van der Waals surface area contributed by atoms with Crippen molar-refractivity contribution in [2.75, 3.05) is 21.1 Å². The SMILES string of the molecule is CNC1C2C(=O)c3c(O)cccc3[C@H](C)C2[C@H](O)C2[C@H](N(C)C)C(=O)C(C(N)=O)C(=O)[C@@]12O. The molecular formula is C23H29N3O7. The molecule has 6 N–H and O–H groups in total. The summed E-state index contributed by atoms with van der Waals surface area (Å²) in [5.41, 5.74) is 3.57. The zero-order valence-electron chi connectivity index (χ0n) is 18.9. The summed E-state index contributed by atoms with van der Waals surface area (Å²) in [7, 11) is 4.56. The molecule has 0 aromatic heterocycles. The second kappa shape index (κ2) is 7.69. The van der Waals surface area contributed by atoms with Gasteiger partial charge in [0, 0.05) is 17.8 Å². The van der Waals surface area contributed by atoms with Crippen molar-refractivity contribution in [2.45, 2.75) is 36.6 Å². The number of aliphatic hydroxyl groups excluding tert-OH is 1. The van der Waals surface area contributed by atoms with Crippen LogP contribution in [0.25, 0.3) is 0 Å². The van der Waals surface area contributed by atoms with Crippen LogP contribution in [0, 0.1) is 23.7 Å². The molecule has 0 saturated heterocycles. The van der Waals surface area contributed by atoms with E-state index in [0.29, 0.717) is 5.56 Å². The second-order valence-electron chi connectivity index (χ2n) is 9.62. The number of fused-ring (bicyclic) bond motifs is 3. The molecule has 178 valence electrons. The summed E-state index contributed by atoms with van der Waals surface area (Å²) < 4.78 is 0. The minimum Gasteiger partial charge on any atom is -0.507 e. The van der Waals surface area contributed by atoms with Gasteiger partial charge in [-0.05, 0) is 38.7 Å². The molecule has 3 aliphatic rings. The van der Waals surface area contributed by atoms with Gasteiger partial charge in [0.2, 0.25) is 5.91 Å². The molecule has 9 atom stereocenters. The number of nitrogens with two attached hydrogens (primary N) is 1. The van der Waals surface area contributed by atoms with E-state index in [4.69, 9.17) is 5.73 Å². The Morgan fingerprint density at radius 2 is 1.85 bits per heavy atom. The number of phenols is 1. The van der Waals surface area contributed by atoms with Crippen molar-refractivity contribution in [1.82, 2.24) is 10.2 Å². The number of carbonyl (C=O) groups excluding carboxylic acids is 4. The molecule has 0 radical (unpaired) electrons. The molecule has 1 aromatic carbocycles. The van der Waals surface area contributed by atoms with Crippen molar-refractivity contribution in [2.24, 2.45) is 29.4 Å². The molecular weight excluding hydrogens is 430 g/mol. The third-order valence-electron chi connectivity index (χ3n) is 7.94. The quantitative estimate of drug-likeness (QED) is 0.335. The highest BCUT2D eigenvalue weighted by Crippen LogP contribution is 2.55. The highest BCUT2D eigenvalue weighted by molar-refractivity contribution is 6.24. The van der Waals surface area contributed by atoms with Gasteiger partial charge in [-0.15, -0.1) is 0 Å². The summed E-state index contributed by atoms with van der Waals surface area (Å²) in [5.74, 6) is -9.38. The lowest BCUT2D eigenvalue weighted by atomic mass is 9.48. The zero-order valence-corrected chi connectivity index (χ0v) is 18.9. The van der Waals surface area contributed by atoms with Crippen molar-refractivity contribution in [3.63, 3.8) is 0 Å². The van der Waals surface area contributed by atoms with Crippen LogP contribution in [0.4, 0.5) is 0 Å². The number of rotatable bonds is 3. The first-order valence-electron chi connectivity index (χ1n) is 10.9. The zero-order chi connectivity index (χ0) is 24.6. The van der Waals surface area contributed by atoms with E-state index in [1.165, 1.54) is 18.0 Å². The molecule has 5 unspecified atom stereocenters.